The number of nitrogens with zero attached hydrogens (tertiary/aromatic N) is 1. The molecule has 1 heteroatoms. The molecule has 0 radical (unpaired) electrons. The topological polar surface area (TPSA) is 3.24 Å². The van der Waals surface area contributed by atoms with Gasteiger partial charge in [0.1, 0.15) is 0 Å². The molecule has 0 unspecified atom stereocenters. The molecule has 8 rings (SSSR count). The molecular formula is C44H31N. The van der Waals surface area contributed by atoms with Crippen LogP contribution in [0, 0.1) is 0 Å². The van der Waals surface area contributed by atoms with Gasteiger partial charge in [-0.3, -0.25) is 0 Å². The summed E-state index contributed by atoms with van der Waals surface area (Å²) in [5.41, 5.74) is 6.68. The highest BCUT2D eigenvalue weighted by atomic mass is 15.1. The van der Waals surface area contributed by atoms with Crippen LogP contribution in [0.1, 0.15) is 5.48 Å². The Hall–Kier alpha value is -5.92. The van der Waals surface area contributed by atoms with E-state index in [0.29, 0.717) is 5.56 Å². The number of rotatable bonds is 6. The maximum atomic E-state index is 9.35. The van der Waals surface area contributed by atoms with Crippen molar-refractivity contribution in [1.82, 2.24) is 0 Å². The van der Waals surface area contributed by atoms with Gasteiger partial charge in [0.15, 0.2) is 0 Å². The number of fused-ring (bicyclic) bond motifs is 2. The van der Waals surface area contributed by atoms with E-state index >= 15 is 0 Å². The minimum Gasteiger partial charge on any atom is -0.310 e. The van der Waals surface area contributed by atoms with E-state index in [4.69, 9.17) is 2.74 Å². The minimum absolute atomic E-state index is 0.0805. The van der Waals surface area contributed by atoms with E-state index in [2.05, 4.69) is 84.9 Å². The third kappa shape index (κ3) is 5.26. The maximum absolute atomic E-state index is 9.35. The van der Waals surface area contributed by atoms with Crippen LogP contribution in [0.4, 0.5) is 17.1 Å². The molecule has 212 valence electrons. The van der Waals surface area contributed by atoms with Gasteiger partial charge in [-0.15, -0.1) is 0 Å². The van der Waals surface area contributed by atoms with Gasteiger partial charge in [-0.1, -0.05) is 146 Å². The lowest BCUT2D eigenvalue weighted by atomic mass is 9.97. The maximum Gasteiger partial charge on any atom is 0.0645 e. The lowest BCUT2D eigenvalue weighted by molar-refractivity contribution is 1.28. The Morgan fingerprint density at radius 3 is 1.71 bits per heavy atom. The van der Waals surface area contributed by atoms with Crippen LogP contribution in [-0.4, -0.2) is 0 Å². The molecule has 0 aromatic heterocycles. The van der Waals surface area contributed by atoms with Crippen molar-refractivity contribution in [2.45, 2.75) is 0 Å². The normalized spacial score (nSPS) is 12.4. The fraction of sp³-hybridized carbons (Fsp3) is 0. The summed E-state index contributed by atoms with van der Waals surface area (Å²) in [7, 11) is 0. The van der Waals surface area contributed by atoms with Crippen LogP contribution >= 0.6 is 0 Å². The number of hydrogen-bond acceptors (Lipinski definition) is 1. The lowest BCUT2D eigenvalue weighted by Gasteiger charge is -2.27. The van der Waals surface area contributed by atoms with Crippen LogP contribution in [0.3, 0.4) is 0 Å². The molecule has 0 N–H and O–H groups in total. The summed E-state index contributed by atoms with van der Waals surface area (Å²) in [6, 6.07) is 54.2. The predicted molar refractivity (Wildman–Crippen MR) is 192 cm³/mol. The van der Waals surface area contributed by atoms with Crippen molar-refractivity contribution in [1.29, 1.82) is 0 Å². The van der Waals surface area contributed by atoms with Gasteiger partial charge in [0.05, 0.1) is 5.48 Å². The zero-order valence-corrected chi connectivity index (χ0v) is 24.5. The van der Waals surface area contributed by atoms with E-state index < -0.39 is 0 Å². The largest absolute Gasteiger partial charge is 0.310 e. The molecule has 0 heterocycles. The van der Waals surface area contributed by atoms with Crippen LogP contribution < -0.4 is 4.90 Å². The van der Waals surface area contributed by atoms with Crippen LogP contribution in [0.5, 0.6) is 0 Å². The molecule has 0 spiro atoms. The molecule has 0 atom stereocenters. The second kappa shape index (κ2) is 11.6. The molecule has 0 saturated heterocycles. The van der Waals surface area contributed by atoms with Crippen molar-refractivity contribution in [3.63, 3.8) is 0 Å². The predicted octanol–water partition coefficient (Wildman–Crippen LogP) is 12.5. The van der Waals surface area contributed by atoms with E-state index in [-0.39, 0.29) is 35.4 Å². The number of benzene rings is 8. The zero-order valence-electron chi connectivity index (χ0n) is 28.5. The summed E-state index contributed by atoms with van der Waals surface area (Å²) in [6.07, 6.45) is 0. The fourth-order valence-corrected chi connectivity index (χ4v) is 6.06. The van der Waals surface area contributed by atoms with Crippen molar-refractivity contribution < 1.29 is 5.48 Å². The van der Waals surface area contributed by atoms with Crippen molar-refractivity contribution in [2.75, 3.05) is 4.90 Å². The molecule has 0 bridgehead atoms. The van der Waals surface area contributed by atoms with E-state index in [0.717, 1.165) is 55.2 Å². The smallest absolute Gasteiger partial charge is 0.0645 e. The molecule has 0 aliphatic carbocycles. The summed E-state index contributed by atoms with van der Waals surface area (Å²) in [4.78, 5) is 1.87. The SMILES string of the molecule is [2H]c1c([2H])c(N(c2cccc(-c3ccc4ccccc4c3)c2)c2cccc(-c3cccc4ccccc34)c2)c([2H])c([2H])c1-c1ccccc1. The molecular weight excluding hydrogens is 542 g/mol. The first-order valence-corrected chi connectivity index (χ1v) is 15.1. The van der Waals surface area contributed by atoms with Gasteiger partial charge in [0, 0.05) is 17.1 Å². The Kier molecular flexibility index (Phi) is 5.84. The highest BCUT2D eigenvalue weighted by molar-refractivity contribution is 5.97. The van der Waals surface area contributed by atoms with E-state index in [9.17, 15) is 2.74 Å². The number of anilines is 3. The fourth-order valence-electron chi connectivity index (χ4n) is 6.06. The van der Waals surface area contributed by atoms with Crippen LogP contribution in [0.15, 0.2) is 188 Å². The van der Waals surface area contributed by atoms with Gasteiger partial charge in [0.2, 0.25) is 0 Å². The van der Waals surface area contributed by atoms with Crippen molar-refractivity contribution >= 4 is 38.6 Å². The molecule has 0 aliphatic rings. The van der Waals surface area contributed by atoms with Gasteiger partial charge in [-0.25, -0.2) is 0 Å². The van der Waals surface area contributed by atoms with Gasteiger partial charge < -0.3 is 4.90 Å². The second-order valence-corrected chi connectivity index (χ2v) is 11.1. The van der Waals surface area contributed by atoms with Gasteiger partial charge >= 0.3 is 0 Å². The van der Waals surface area contributed by atoms with Gasteiger partial charge in [-0.2, -0.15) is 0 Å². The Labute approximate surface area is 269 Å². The minimum atomic E-state index is -0.105. The van der Waals surface area contributed by atoms with Gasteiger partial charge in [0.25, 0.3) is 0 Å². The highest BCUT2D eigenvalue weighted by Gasteiger charge is 2.15. The second-order valence-electron chi connectivity index (χ2n) is 11.1. The average molecular weight is 578 g/mol. The first-order chi connectivity index (χ1) is 24.0. The Bertz CT molecular complexity index is 2470. The monoisotopic (exact) mass is 577 g/mol. The molecule has 0 amide bonds. The first-order valence-electron chi connectivity index (χ1n) is 17.1. The van der Waals surface area contributed by atoms with E-state index in [1.807, 2.05) is 83.8 Å². The van der Waals surface area contributed by atoms with E-state index in [1.54, 1.807) is 0 Å². The first kappa shape index (κ1) is 22.6. The molecule has 0 fully saturated rings. The molecule has 1 nitrogen and oxygen atoms in total. The summed E-state index contributed by atoms with van der Waals surface area (Å²) in [6.45, 7) is 0. The van der Waals surface area contributed by atoms with Crippen LogP contribution in [0.2, 0.25) is 0 Å². The van der Waals surface area contributed by atoms with Crippen LogP contribution in [-0.2, 0) is 0 Å². The molecule has 0 aliphatic heterocycles. The summed E-state index contributed by atoms with van der Waals surface area (Å²) in [5, 5.41) is 4.57. The number of hydrogen-bond donors (Lipinski definition) is 0. The lowest BCUT2D eigenvalue weighted by Crippen LogP contribution is -2.10. The van der Waals surface area contributed by atoms with Crippen molar-refractivity contribution in [3.05, 3.63) is 188 Å². The summed E-state index contributed by atoms with van der Waals surface area (Å²) in [5.74, 6) is 0. The molecule has 45 heavy (non-hydrogen) atoms. The van der Waals surface area contributed by atoms with Crippen molar-refractivity contribution in [2.24, 2.45) is 0 Å². The highest BCUT2D eigenvalue weighted by Crippen LogP contribution is 2.40. The summed E-state index contributed by atoms with van der Waals surface area (Å²) < 4.78 is 37.0. The zero-order chi connectivity index (χ0) is 33.5. The third-order valence-corrected chi connectivity index (χ3v) is 8.29. The molecule has 0 saturated carbocycles. The Morgan fingerprint density at radius 2 is 0.911 bits per heavy atom. The Balaban J connectivity index is 1.35. The summed E-state index contributed by atoms with van der Waals surface area (Å²) >= 11 is 0. The molecule has 8 aromatic carbocycles. The van der Waals surface area contributed by atoms with Crippen LogP contribution in [0.25, 0.3) is 54.9 Å². The quantitative estimate of drug-likeness (QED) is 0.190. The average Bonchev–Trinajstić information content (AvgIpc) is 3.16. The molecule has 8 aromatic rings. The third-order valence-electron chi connectivity index (χ3n) is 8.29. The van der Waals surface area contributed by atoms with Crippen molar-refractivity contribution in [3.8, 4) is 33.4 Å². The van der Waals surface area contributed by atoms with Gasteiger partial charge in [-0.05, 0) is 97.3 Å². The standard InChI is InChI=1S/C44H31N/c1-2-11-32(12-3-1)34-25-27-40(28-26-34)45(41-19-8-17-37(30-41)38-24-23-33-13-4-5-15-36(33)29-38)42-20-9-18-39(31-42)44-22-10-16-35-14-6-7-21-43(35)44/h1-31H/i25D,26D,27D,28D. The Morgan fingerprint density at radius 1 is 0.333 bits per heavy atom. The van der Waals surface area contributed by atoms with E-state index in [1.165, 1.54) is 0 Å².